The van der Waals surface area contributed by atoms with Crippen LogP contribution in [-0.4, -0.2) is 13.1 Å². The zero-order chi connectivity index (χ0) is 12.4. The summed E-state index contributed by atoms with van der Waals surface area (Å²) in [5, 5.41) is 0. The van der Waals surface area contributed by atoms with Crippen LogP contribution in [0.1, 0.15) is 19.8 Å². The number of hydrogen-bond donors (Lipinski definition) is 0. The van der Waals surface area contributed by atoms with Gasteiger partial charge in [-0.15, -0.1) is 0 Å². The molecular formula is C16H19NO. The summed E-state index contributed by atoms with van der Waals surface area (Å²) in [6.07, 6.45) is 4.37. The molecule has 1 aromatic carbocycles. The monoisotopic (exact) mass is 241 g/mol. The molecule has 0 bridgehead atoms. The van der Waals surface area contributed by atoms with Gasteiger partial charge in [0.25, 0.3) is 0 Å². The Hall–Kier alpha value is -1.70. The van der Waals surface area contributed by atoms with Gasteiger partial charge in [0.15, 0.2) is 0 Å². The van der Waals surface area contributed by atoms with Crippen molar-refractivity contribution >= 4 is 5.69 Å². The molecule has 1 aromatic heterocycles. The molecule has 2 aromatic rings. The minimum absolute atomic E-state index is 0.781. The second kappa shape index (κ2) is 4.89. The number of anilines is 1. The Morgan fingerprint density at radius 1 is 1.17 bits per heavy atom. The van der Waals surface area contributed by atoms with Crippen LogP contribution in [0.25, 0.3) is 11.3 Å². The van der Waals surface area contributed by atoms with E-state index in [2.05, 4.69) is 36.1 Å². The average Bonchev–Trinajstić information content (AvgIpc) is 2.92. The van der Waals surface area contributed by atoms with Crippen LogP contribution in [0.3, 0.4) is 0 Å². The van der Waals surface area contributed by atoms with Crippen molar-refractivity contribution in [3.05, 3.63) is 42.7 Å². The molecule has 2 heterocycles. The zero-order valence-electron chi connectivity index (χ0n) is 10.8. The number of rotatable bonds is 2. The number of furan rings is 1. The van der Waals surface area contributed by atoms with E-state index in [1.807, 2.05) is 12.1 Å². The SMILES string of the molecule is CC1CCCN(c2ccccc2-c2ccco2)C1. The minimum Gasteiger partial charge on any atom is -0.464 e. The molecule has 0 radical (unpaired) electrons. The van der Waals surface area contributed by atoms with Gasteiger partial charge in [-0.3, -0.25) is 0 Å². The molecule has 94 valence electrons. The summed E-state index contributed by atoms with van der Waals surface area (Å²) in [6.45, 7) is 4.64. The van der Waals surface area contributed by atoms with Crippen molar-refractivity contribution < 1.29 is 4.42 Å². The Morgan fingerprint density at radius 2 is 2.06 bits per heavy atom. The highest BCUT2D eigenvalue weighted by Gasteiger charge is 2.19. The Balaban J connectivity index is 1.96. The predicted octanol–water partition coefficient (Wildman–Crippen LogP) is 4.18. The van der Waals surface area contributed by atoms with Crippen molar-refractivity contribution in [2.75, 3.05) is 18.0 Å². The van der Waals surface area contributed by atoms with Gasteiger partial charge in [-0.1, -0.05) is 19.1 Å². The fourth-order valence-corrected chi connectivity index (χ4v) is 2.80. The number of piperidine rings is 1. The fraction of sp³-hybridized carbons (Fsp3) is 0.375. The van der Waals surface area contributed by atoms with E-state index in [-0.39, 0.29) is 0 Å². The number of para-hydroxylation sites is 1. The zero-order valence-corrected chi connectivity index (χ0v) is 10.8. The molecule has 1 aliphatic heterocycles. The molecule has 18 heavy (non-hydrogen) atoms. The van der Waals surface area contributed by atoms with Crippen molar-refractivity contribution in [2.45, 2.75) is 19.8 Å². The lowest BCUT2D eigenvalue weighted by Crippen LogP contribution is -2.34. The Bertz CT molecular complexity index is 504. The van der Waals surface area contributed by atoms with Crippen LogP contribution in [0, 0.1) is 5.92 Å². The lowest BCUT2D eigenvalue weighted by molar-refractivity contribution is 0.447. The van der Waals surface area contributed by atoms with Gasteiger partial charge < -0.3 is 9.32 Å². The van der Waals surface area contributed by atoms with Crippen LogP contribution < -0.4 is 4.90 Å². The van der Waals surface area contributed by atoms with E-state index in [1.54, 1.807) is 6.26 Å². The first-order chi connectivity index (χ1) is 8.84. The summed E-state index contributed by atoms with van der Waals surface area (Å²) in [5.74, 6) is 1.74. The molecular weight excluding hydrogens is 222 g/mol. The third kappa shape index (κ3) is 2.15. The maximum atomic E-state index is 5.55. The first-order valence-corrected chi connectivity index (χ1v) is 6.72. The van der Waals surface area contributed by atoms with Gasteiger partial charge in [-0.25, -0.2) is 0 Å². The first-order valence-electron chi connectivity index (χ1n) is 6.72. The summed E-state index contributed by atoms with van der Waals surface area (Å²) < 4.78 is 5.55. The lowest BCUT2D eigenvalue weighted by atomic mass is 9.98. The molecule has 1 saturated heterocycles. The van der Waals surface area contributed by atoms with Crippen LogP contribution >= 0.6 is 0 Å². The van der Waals surface area contributed by atoms with E-state index in [0.29, 0.717) is 0 Å². The minimum atomic E-state index is 0.781. The molecule has 0 N–H and O–H groups in total. The summed E-state index contributed by atoms with van der Waals surface area (Å²) >= 11 is 0. The highest BCUT2D eigenvalue weighted by molar-refractivity contribution is 5.75. The molecule has 0 saturated carbocycles. The van der Waals surface area contributed by atoms with E-state index < -0.39 is 0 Å². The van der Waals surface area contributed by atoms with Crippen LogP contribution in [-0.2, 0) is 0 Å². The number of hydrogen-bond acceptors (Lipinski definition) is 2. The molecule has 3 rings (SSSR count). The molecule has 2 heteroatoms. The standard InChI is InChI=1S/C16H19NO/c1-13-6-4-10-17(12-13)15-8-3-2-7-14(15)16-9-5-11-18-16/h2-3,5,7-9,11,13H,4,6,10,12H2,1H3. The lowest BCUT2D eigenvalue weighted by Gasteiger charge is -2.33. The molecule has 1 unspecified atom stereocenters. The maximum absolute atomic E-state index is 5.55. The quantitative estimate of drug-likeness (QED) is 0.784. The van der Waals surface area contributed by atoms with Crippen molar-refractivity contribution in [3.8, 4) is 11.3 Å². The number of nitrogens with zero attached hydrogens (tertiary/aromatic N) is 1. The topological polar surface area (TPSA) is 16.4 Å². The van der Waals surface area contributed by atoms with E-state index in [0.717, 1.165) is 24.8 Å². The van der Waals surface area contributed by atoms with Crippen LogP contribution in [0.2, 0.25) is 0 Å². The predicted molar refractivity (Wildman–Crippen MR) is 74.8 cm³/mol. The second-order valence-electron chi connectivity index (χ2n) is 5.19. The summed E-state index contributed by atoms with van der Waals surface area (Å²) in [5.41, 5.74) is 2.51. The average molecular weight is 241 g/mol. The fourth-order valence-electron chi connectivity index (χ4n) is 2.80. The van der Waals surface area contributed by atoms with Gasteiger partial charge >= 0.3 is 0 Å². The Labute approximate surface area is 108 Å². The third-order valence-electron chi connectivity index (χ3n) is 3.69. The van der Waals surface area contributed by atoms with Gasteiger partial charge in [0.05, 0.1) is 6.26 Å². The van der Waals surface area contributed by atoms with Crippen molar-refractivity contribution in [1.82, 2.24) is 0 Å². The first kappa shape index (κ1) is 11.4. The molecule has 0 amide bonds. The normalized spacial score (nSPS) is 20.1. The smallest absolute Gasteiger partial charge is 0.135 e. The highest BCUT2D eigenvalue weighted by Crippen LogP contribution is 2.33. The Morgan fingerprint density at radius 3 is 2.83 bits per heavy atom. The van der Waals surface area contributed by atoms with Gasteiger partial charge in [0.2, 0.25) is 0 Å². The van der Waals surface area contributed by atoms with Gasteiger partial charge in [0, 0.05) is 24.3 Å². The third-order valence-corrected chi connectivity index (χ3v) is 3.69. The maximum Gasteiger partial charge on any atom is 0.135 e. The van der Waals surface area contributed by atoms with Gasteiger partial charge in [-0.05, 0) is 43.0 Å². The van der Waals surface area contributed by atoms with Crippen LogP contribution in [0.5, 0.6) is 0 Å². The van der Waals surface area contributed by atoms with Crippen molar-refractivity contribution in [2.24, 2.45) is 5.92 Å². The largest absolute Gasteiger partial charge is 0.464 e. The number of benzene rings is 1. The van der Waals surface area contributed by atoms with Gasteiger partial charge in [0.1, 0.15) is 5.76 Å². The second-order valence-corrected chi connectivity index (χ2v) is 5.19. The van der Waals surface area contributed by atoms with E-state index in [9.17, 15) is 0 Å². The van der Waals surface area contributed by atoms with Gasteiger partial charge in [-0.2, -0.15) is 0 Å². The van der Waals surface area contributed by atoms with E-state index in [1.165, 1.54) is 24.1 Å². The summed E-state index contributed by atoms with van der Waals surface area (Å²) in [4.78, 5) is 2.49. The van der Waals surface area contributed by atoms with Crippen molar-refractivity contribution in [1.29, 1.82) is 0 Å². The highest BCUT2D eigenvalue weighted by atomic mass is 16.3. The molecule has 1 aliphatic rings. The summed E-state index contributed by atoms with van der Waals surface area (Å²) in [6, 6.07) is 12.5. The molecule has 0 spiro atoms. The summed E-state index contributed by atoms with van der Waals surface area (Å²) in [7, 11) is 0. The molecule has 1 fully saturated rings. The molecule has 0 aliphatic carbocycles. The van der Waals surface area contributed by atoms with Crippen LogP contribution in [0.15, 0.2) is 47.1 Å². The van der Waals surface area contributed by atoms with Crippen LogP contribution in [0.4, 0.5) is 5.69 Å². The van der Waals surface area contributed by atoms with E-state index >= 15 is 0 Å². The Kier molecular flexibility index (Phi) is 3.09. The molecule has 2 nitrogen and oxygen atoms in total. The van der Waals surface area contributed by atoms with Crippen molar-refractivity contribution in [3.63, 3.8) is 0 Å². The molecule has 1 atom stereocenters. The van der Waals surface area contributed by atoms with E-state index in [4.69, 9.17) is 4.42 Å².